The van der Waals surface area contributed by atoms with E-state index >= 15 is 0 Å². The first-order valence-electron chi connectivity index (χ1n) is 7.31. The lowest BCUT2D eigenvalue weighted by molar-refractivity contribution is 0.216. The average molecular weight is 262 g/mol. The molecular formula is C16H26N2O. The van der Waals surface area contributed by atoms with Gasteiger partial charge in [-0.25, -0.2) is 0 Å². The molecule has 1 aliphatic rings. The SMILES string of the molecule is COc1ccc(C(CN)CN2CCCCC2)cc1C. The first-order valence-corrected chi connectivity index (χ1v) is 7.31. The fraction of sp³-hybridized carbons (Fsp3) is 0.625. The Morgan fingerprint density at radius 1 is 1.26 bits per heavy atom. The molecule has 3 heteroatoms. The smallest absolute Gasteiger partial charge is 0.121 e. The van der Waals surface area contributed by atoms with Crippen LogP contribution in [0.4, 0.5) is 0 Å². The highest BCUT2D eigenvalue weighted by Gasteiger charge is 2.17. The van der Waals surface area contributed by atoms with E-state index in [1.165, 1.54) is 43.5 Å². The fourth-order valence-electron chi connectivity index (χ4n) is 2.93. The first kappa shape index (κ1) is 14.4. The van der Waals surface area contributed by atoms with Crippen molar-refractivity contribution in [3.63, 3.8) is 0 Å². The number of likely N-dealkylation sites (tertiary alicyclic amines) is 1. The third-order valence-electron chi connectivity index (χ3n) is 4.10. The van der Waals surface area contributed by atoms with Crippen molar-refractivity contribution < 1.29 is 4.74 Å². The normalized spacial score (nSPS) is 18.3. The molecule has 0 saturated carbocycles. The molecule has 1 unspecified atom stereocenters. The van der Waals surface area contributed by atoms with E-state index in [2.05, 4.69) is 30.0 Å². The van der Waals surface area contributed by atoms with Crippen molar-refractivity contribution in [1.82, 2.24) is 4.90 Å². The zero-order valence-electron chi connectivity index (χ0n) is 12.2. The van der Waals surface area contributed by atoms with Gasteiger partial charge in [-0.05, 0) is 50.0 Å². The summed E-state index contributed by atoms with van der Waals surface area (Å²) in [4.78, 5) is 2.56. The van der Waals surface area contributed by atoms with Crippen molar-refractivity contribution in [2.75, 3.05) is 33.3 Å². The van der Waals surface area contributed by atoms with Crippen molar-refractivity contribution in [3.8, 4) is 5.75 Å². The van der Waals surface area contributed by atoms with Crippen LogP contribution in [0.1, 0.15) is 36.3 Å². The summed E-state index contributed by atoms with van der Waals surface area (Å²) >= 11 is 0. The Bertz CT molecular complexity index is 400. The largest absolute Gasteiger partial charge is 0.496 e. The second-order valence-electron chi connectivity index (χ2n) is 5.52. The molecule has 0 amide bonds. The monoisotopic (exact) mass is 262 g/mol. The lowest BCUT2D eigenvalue weighted by Gasteiger charge is -2.30. The third-order valence-corrected chi connectivity index (χ3v) is 4.10. The Balaban J connectivity index is 2.05. The number of nitrogens with zero attached hydrogens (tertiary/aromatic N) is 1. The quantitative estimate of drug-likeness (QED) is 0.886. The van der Waals surface area contributed by atoms with Gasteiger partial charge in [-0.3, -0.25) is 0 Å². The summed E-state index contributed by atoms with van der Waals surface area (Å²) < 4.78 is 5.32. The summed E-state index contributed by atoms with van der Waals surface area (Å²) in [6.07, 6.45) is 4.04. The molecule has 1 aromatic carbocycles. The summed E-state index contributed by atoms with van der Waals surface area (Å²) in [5, 5.41) is 0. The van der Waals surface area contributed by atoms with Crippen LogP contribution in [-0.2, 0) is 0 Å². The van der Waals surface area contributed by atoms with E-state index in [9.17, 15) is 0 Å². The number of hydrogen-bond donors (Lipinski definition) is 1. The molecule has 0 radical (unpaired) electrons. The Kier molecular flexibility index (Phi) is 5.23. The maximum Gasteiger partial charge on any atom is 0.121 e. The highest BCUT2D eigenvalue weighted by atomic mass is 16.5. The molecule has 0 aromatic heterocycles. The number of methoxy groups -OCH3 is 1. The van der Waals surface area contributed by atoms with Gasteiger partial charge in [0.1, 0.15) is 5.75 Å². The van der Waals surface area contributed by atoms with Gasteiger partial charge < -0.3 is 15.4 Å². The van der Waals surface area contributed by atoms with E-state index in [0.717, 1.165) is 12.3 Å². The molecule has 1 heterocycles. The summed E-state index contributed by atoms with van der Waals surface area (Å²) in [7, 11) is 1.72. The topological polar surface area (TPSA) is 38.5 Å². The van der Waals surface area contributed by atoms with E-state index in [1.807, 2.05) is 0 Å². The van der Waals surface area contributed by atoms with Gasteiger partial charge >= 0.3 is 0 Å². The Hall–Kier alpha value is -1.06. The molecule has 19 heavy (non-hydrogen) atoms. The molecule has 0 spiro atoms. The van der Waals surface area contributed by atoms with Crippen LogP contribution in [0.15, 0.2) is 18.2 Å². The minimum absolute atomic E-state index is 0.433. The number of nitrogens with two attached hydrogens (primary N) is 1. The van der Waals surface area contributed by atoms with Gasteiger partial charge in [0.15, 0.2) is 0 Å². The van der Waals surface area contributed by atoms with Crippen LogP contribution in [0.25, 0.3) is 0 Å². The number of piperidine rings is 1. The van der Waals surface area contributed by atoms with Crippen LogP contribution in [0.5, 0.6) is 5.75 Å². The van der Waals surface area contributed by atoms with Gasteiger partial charge in [0.25, 0.3) is 0 Å². The zero-order valence-corrected chi connectivity index (χ0v) is 12.2. The Labute approximate surface area is 116 Å². The van der Waals surface area contributed by atoms with Crippen molar-refractivity contribution in [3.05, 3.63) is 29.3 Å². The molecule has 2 N–H and O–H groups in total. The summed E-state index contributed by atoms with van der Waals surface area (Å²) in [6.45, 7) is 6.35. The highest BCUT2D eigenvalue weighted by molar-refractivity contribution is 5.37. The molecule has 3 nitrogen and oxygen atoms in total. The predicted molar refractivity (Wildman–Crippen MR) is 79.8 cm³/mol. The third kappa shape index (κ3) is 3.71. The van der Waals surface area contributed by atoms with E-state index in [4.69, 9.17) is 10.5 Å². The minimum atomic E-state index is 0.433. The van der Waals surface area contributed by atoms with Crippen LogP contribution in [0.2, 0.25) is 0 Å². The van der Waals surface area contributed by atoms with Crippen LogP contribution in [0.3, 0.4) is 0 Å². The minimum Gasteiger partial charge on any atom is -0.496 e. The number of benzene rings is 1. The lowest BCUT2D eigenvalue weighted by atomic mass is 9.95. The Morgan fingerprint density at radius 3 is 2.58 bits per heavy atom. The lowest BCUT2D eigenvalue weighted by Crippen LogP contribution is -2.35. The zero-order chi connectivity index (χ0) is 13.7. The standard InChI is InChI=1S/C16H26N2O/c1-13-10-14(6-7-16(13)19-2)15(11-17)12-18-8-4-3-5-9-18/h6-7,10,15H,3-5,8-9,11-12,17H2,1-2H3. The van der Waals surface area contributed by atoms with Crippen LogP contribution in [0, 0.1) is 6.92 Å². The molecule has 0 bridgehead atoms. The van der Waals surface area contributed by atoms with Crippen LogP contribution >= 0.6 is 0 Å². The predicted octanol–water partition coefficient (Wildman–Crippen LogP) is 2.53. The molecular weight excluding hydrogens is 236 g/mol. The van der Waals surface area contributed by atoms with Crippen molar-refractivity contribution >= 4 is 0 Å². The van der Waals surface area contributed by atoms with Gasteiger partial charge in [0, 0.05) is 19.0 Å². The summed E-state index contributed by atoms with van der Waals surface area (Å²) in [6, 6.07) is 6.44. The summed E-state index contributed by atoms with van der Waals surface area (Å²) in [5.41, 5.74) is 8.52. The molecule has 1 saturated heterocycles. The molecule has 106 valence electrons. The second kappa shape index (κ2) is 6.92. The van der Waals surface area contributed by atoms with Crippen molar-refractivity contribution in [2.24, 2.45) is 5.73 Å². The summed E-state index contributed by atoms with van der Waals surface area (Å²) in [5.74, 6) is 1.39. The van der Waals surface area contributed by atoms with Crippen LogP contribution in [-0.4, -0.2) is 38.2 Å². The number of ether oxygens (including phenoxy) is 1. The van der Waals surface area contributed by atoms with Gasteiger partial charge in [-0.15, -0.1) is 0 Å². The maximum atomic E-state index is 5.98. The van der Waals surface area contributed by atoms with Gasteiger partial charge in [0.2, 0.25) is 0 Å². The van der Waals surface area contributed by atoms with Gasteiger partial charge in [-0.1, -0.05) is 18.6 Å². The average Bonchev–Trinajstić information content (AvgIpc) is 2.46. The first-order chi connectivity index (χ1) is 9.24. The number of rotatable bonds is 5. The number of aryl methyl sites for hydroxylation is 1. The van der Waals surface area contributed by atoms with Crippen molar-refractivity contribution in [1.29, 1.82) is 0 Å². The van der Waals surface area contributed by atoms with Crippen molar-refractivity contribution in [2.45, 2.75) is 32.1 Å². The van der Waals surface area contributed by atoms with E-state index in [0.29, 0.717) is 12.5 Å². The van der Waals surface area contributed by atoms with Gasteiger partial charge in [0.05, 0.1) is 7.11 Å². The van der Waals surface area contributed by atoms with E-state index < -0.39 is 0 Å². The molecule has 1 fully saturated rings. The van der Waals surface area contributed by atoms with E-state index in [-0.39, 0.29) is 0 Å². The van der Waals surface area contributed by atoms with E-state index in [1.54, 1.807) is 7.11 Å². The number of hydrogen-bond acceptors (Lipinski definition) is 3. The molecule has 0 aliphatic carbocycles. The maximum absolute atomic E-state index is 5.98. The van der Waals surface area contributed by atoms with Crippen LogP contribution < -0.4 is 10.5 Å². The Morgan fingerprint density at radius 2 is 2.00 bits per heavy atom. The second-order valence-corrected chi connectivity index (χ2v) is 5.52. The van der Waals surface area contributed by atoms with Gasteiger partial charge in [-0.2, -0.15) is 0 Å². The fourth-order valence-corrected chi connectivity index (χ4v) is 2.93. The molecule has 1 atom stereocenters. The highest BCUT2D eigenvalue weighted by Crippen LogP contribution is 2.24. The molecule has 2 rings (SSSR count). The molecule has 1 aliphatic heterocycles. The molecule has 1 aromatic rings.